The number of hydrogen-bond donors (Lipinski definition) is 1. The second kappa shape index (κ2) is 18.0. The fourth-order valence-electron chi connectivity index (χ4n) is 3.29. The third-order valence-electron chi connectivity index (χ3n) is 6.83. The Balaban J connectivity index is 0.000000485. The summed E-state index contributed by atoms with van der Waals surface area (Å²) in [5.41, 5.74) is 14.9. The van der Waals surface area contributed by atoms with E-state index in [-0.39, 0.29) is 0 Å². The lowest BCUT2D eigenvalue weighted by Gasteiger charge is -2.23. The molecular weight excluding hydrogens is 434 g/mol. The minimum atomic E-state index is 0.327. The van der Waals surface area contributed by atoms with Crippen molar-refractivity contribution >= 4 is 0 Å². The molecule has 2 aromatic carbocycles. The third kappa shape index (κ3) is 15.0. The van der Waals surface area contributed by atoms with E-state index in [1.807, 2.05) is 6.92 Å². The predicted molar refractivity (Wildman–Crippen MR) is 165 cm³/mol. The summed E-state index contributed by atoms with van der Waals surface area (Å²) in [7, 11) is 0. The van der Waals surface area contributed by atoms with Crippen molar-refractivity contribution in [2.75, 3.05) is 0 Å². The van der Waals surface area contributed by atoms with Crippen LogP contribution in [0.3, 0.4) is 0 Å². The summed E-state index contributed by atoms with van der Waals surface area (Å²) in [5.74, 6) is 1.00. The largest absolute Gasteiger partial charge is 0.399 e. The van der Waals surface area contributed by atoms with Crippen molar-refractivity contribution in [1.29, 1.82) is 0 Å². The van der Waals surface area contributed by atoms with Gasteiger partial charge >= 0.3 is 0 Å². The SMILES string of the molecule is C=C(C)/C(N)=C/CCC1CC1.CCC.CCC(C)(C)c1ccc(C)cc1.CCc1ccc(C)c(C)c1. The number of aryl methyl sites for hydroxylation is 4. The first-order valence-electron chi connectivity index (χ1n) is 14.2. The molecule has 1 aliphatic rings. The first kappa shape index (κ1) is 33.7. The fraction of sp³-hybridized carbons (Fsp3) is 0.543. The number of rotatable bonds is 7. The molecule has 0 unspecified atom stereocenters. The standard InChI is InChI=1S/C12H18.C10H17N.C10H14.C3H8/c1-5-12(3,4)11-8-6-10(2)7-9-11;1-8(2)10(11)5-3-4-9-6-7-9;1-4-10-6-5-8(2)9(3)7-10;1-3-2/h6-9H,5H2,1-4H3;5,9H,1,3-4,6-7,11H2,2H3;5-7H,4H2,1-3H3;3H2,1-2H3/b;10-5-;;. The van der Waals surface area contributed by atoms with Gasteiger partial charge in [0.15, 0.2) is 0 Å². The lowest BCUT2D eigenvalue weighted by atomic mass is 9.82. The minimum Gasteiger partial charge on any atom is -0.399 e. The Hall–Kier alpha value is -2.28. The van der Waals surface area contributed by atoms with Gasteiger partial charge in [-0.05, 0) is 92.5 Å². The molecule has 1 saturated carbocycles. The average molecular weight is 492 g/mol. The molecule has 36 heavy (non-hydrogen) atoms. The van der Waals surface area contributed by atoms with Gasteiger partial charge in [-0.3, -0.25) is 0 Å². The molecule has 0 amide bonds. The van der Waals surface area contributed by atoms with Crippen molar-refractivity contribution in [3.63, 3.8) is 0 Å². The number of nitrogens with two attached hydrogens (primary N) is 1. The predicted octanol–water partition coefficient (Wildman–Crippen LogP) is 10.6. The summed E-state index contributed by atoms with van der Waals surface area (Å²) in [4.78, 5) is 0. The van der Waals surface area contributed by atoms with Crippen LogP contribution < -0.4 is 5.73 Å². The molecule has 0 bridgehead atoms. The van der Waals surface area contributed by atoms with Crippen molar-refractivity contribution in [2.45, 2.75) is 120 Å². The van der Waals surface area contributed by atoms with Gasteiger partial charge in [-0.25, -0.2) is 0 Å². The first-order valence-corrected chi connectivity index (χ1v) is 14.2. The van der Waals surface area contributed by atoms with E-state index in [1.54, 1.807) is 0 Å². The van der Waals surface area contributed by atoms with Crippen LogP contribution in [0.4, 0.5) is 0 Å². The summed E-state index contributed by atoms with van der Waals surface area (Å²) in [6.07, 6.45) is 11.0. The van der Waals surface area contributed by atoms with E-state index in [2.05, 4.69) is 117 Å². The van der Waals surface area contributed by atoms with Crippen LogP contribution in [-0.2, 0) is 11.8 Å². The van der Waals surface area contributed by atoms with Crippen molar-refractivity contribution < 1.29 is 0 Å². The zero-order chi connectivity index (χ0) is 27.7. The summed E-state index contributed by atoms with van der Waals surface area (Å²) in [5, 5.41) is 0. The maximum atomic E-state index is 5.68. The van der Waals surface area contributed by atoms with Crippen LogP contribution in [0.15, 0.2) is 66.4 Å². The Morgan fingerprint density at radius 1 is 0.944 bits per heavy atom. The Bertz CT molecular complexity index is 895. The molecule has 0 heterocycles. The van der Waals surface area contributed by atoms with Gasteiger partial charge in [-0.2, -0.15) is 0 Å². The molecule has 0 atom stereocenters. The van der Waals surface area contributed by atoms with Gasteiger partial charge in [0.05, 0.1) is 0 Å². The second-order valence-corrected chi connectivity index (χ2v) is 11.0. The van der Waals surface area contributed by atoms with Crippen molar-refractivity contribution in [2.24, 2.45) is 11.7 Å². The highest BCUT2D eigenvalue weighted by Gasteiger charge is 2.19. The van der Waals surface area contributed by atoms with Gasteiger partial charge in [0.2, 0.25) is 0 Å². The third-order valence-corrected chi connectivity index (χ3v) is 6.83. The second-order valence-electron chi connectivity index (χ2n) is 11.0. The molecule has 202 valence electrons. The highest BCUT2D eigenvalue weighted by atomic mass is 14.6. The van der Waals surface area contributed by atoms with Gasteiger partial charge in [0.25, 0.3) is 0 Å². The van der Waals surface area contributed by atoms with Crippen LogP contribution >= 0.6 is 0 Å². The van der Waals surface area contributed by atoms with E-state index in [9.17, 15) is 0 Å². The van der Waals surface area contributed by atoms with E-state index in [1.165, 1.54) is 59.9 Å². The zero-order valence-corrected chi connectivity index (χ0v) is 25.4. The van der Waals surface area contributed by atoms with Gasteiger partial charge in [-0.15, -0.1) is 0 Å². The summed E-state index contributed by atoms with van der Waals surface area (Å²) >= 11 is 0. The highest BCUT2D eigenvalue weighted by molar-refractivity contribution is 5.30. The van der Waals surface area contributed by atoms with Crippen molar-refractivity contribution in [3.8, 4) is 0 Å². The monoisotopic (exact) mass is 491 g/mol. The summed E-state index contributed by atoms with van der Waals surface area (Å²) in [6, 6.07) is 15.5. The van der Waals surface area contributed by atoms with E-state index in [4.69, 9.17) is 5.73 Å². The van der Waals surface area contributed by atoms with E-state index in [0.717, 1.165) is 30.0 Å². The smallest absolute Gasteiger partial charge is 0.0297 e. The maximum Gasteiger partial charge on any atom is 0.0297 e. The number of hydrogen-bond acceptors (Lipinski definition) is 1. The van der Waals surface area contributed by atoms with Crippen LogP contribution in [0, 0.1) is 26.7 Å². The molecule has 0 spiro atoms. The number of benzene rings is 2. The summed E-state index contributed by atoms with van der Waals surface area (Å²) in [6.45, 7) is 25.4. The molecule has 0 aromatic heterocycles. The molecule has 0 aliphatic heterocycles. The number of allylic oxidation sites excluding steroid dienone is 2. The van der Waals surface area contributed by atoms with Crippen LogP contribution in [0.1, 0.15) is 115 Å². The molecule has 2 N–H and O–H groups in total. The van der Waals surface area contributed by atoms with Gasteiger partial charge in [0.1, 0.15) is 0 Å². The molecule has 3 rings (SSSR count). The van der Waals surface area contributed by atoms with Crippen molar-refractivity contribution in [3.05, 3.63) is 94.2 Å². The Morgan fingerprint density at radius 2 is 1.50 bits per heavy atom. The highest BCUT2D eigenvalue weighted by Crippen LogP contribution is 2.33. The lowest BCUT2D eigenvalue weighted by molar-refractivity contribution is 0.506. The van der Waals surface area contributed by atoms with Gasteiger partial charge < -0.3 is 5.73 Å². The molecule has 0 radical (unpaired) electrons. The van der Waals surface area contributed by atoms with E-state index < -0.39 is 0 Å². The Labute approximate surface area is 225 Å². The minimum absolute atomic E-state index is 0.327. The maximum absolute atomic E-state index is 5.68. The van der Waals surface area contributed by atoms with Crippen LogP contribution in [0.2, 0.25) is 0 Å². The van der Waals surface area contributed by atoms with Gasteiger partial charge in [-0.1, -0.05) is 121 Å². The molecule has 1 nitrogen and oxygen atoms in total. The molecular formula is C35H57N. The van der Waals surface area contributed by atoms with Crippen LogP contribution in [0.25, 0.3) is 0 Å². The average Bonchev–Trinajstić information content (AvgIpc) is 3.67. The van der Waals surface area contributed by atoms with E-state index >= 15 is 0 Å². The first-order chi connectivity index (χ1) is 16.9. The Kier molecular flexibility index (Phi) is 16.9. The van der Waals surface area contributed by atoms with E-state index in [0.29, 0.717) is 5.41 Å². The fourth-order valence-corrected chi connectivity index (χ4v) is 3.29. The molecule has 0 saturated heterocycles. The van der Waals surface area contributed by atoms with Crippen molar-refractivity contribution in [1.82, 2.24) is 0 Å². The van der Waals surface area contributed by atoms with Gasteiger partial charge in [0, 0.05) is 5.70 Å². The lowest BCUT2D eigenvalue weighted by Crippen LogP contribution is -2.14. The molecule has 1 heteroatoms. The Morgan fingerprint density at radius 3 is 1.92 bits per heavy atom. The molecule has 1 aliphatic carbocycles. The molecule has 2 aromatic rings. The quantitative estimate of drug-likeness (QED) is 0.383. The van der Waals surface area contributed by atoms with Crippen LogP contribution in [-0.4, -0.2) is 0 Å². The zero-order valence-electron chi connectivity index (χ0n) is 25.4. The topological polar surface area (TPSA) is 26.0 Å². The molecule has 1 fully saturated rings. The normalized spacial score (nSPS) is 12.8. The van der Waals surface area contributed by atoms with Crippen LogP contribution in [0.5, 0.6) is 0 Å². The summed E-state index contributed by atoms with van der Waals surface area (Å²) < 4.78 is 0.